The molecule has 0 spiro atoms. The molecule has 6 heteroatoms. The van der Waals surface area contributed by atoms with Crippen LogP contribution in [0.5, 0.6) is 17.2 Å². The van der Waals surface area contributed by atoms with Gasteiger partial charge in [-0.2, -0.15) is 0 Å². The van der Waals surface area contributed by atoms with Crippen molar-refractivity contribution in [3.05, 3.63) is 48.0 Å². The number of benzene rings is 2. The Kier molecular flexibility index (Phi) is 6.50. The van der Waals surface area contributed by atoms with Gasteiger partial charge in [0.1, 0.15) is 19.0 Å². The van der Waals surface area contributed by atoms with Gasteiger partial charge in [0.25, 0.3) is 0 Å². The van der Waals surface area contributed by atoms with Crippen LogP contribution in [-0.2, 0) is 11.3 Å². The van der Waals surface area contributed by atoms with E-state index in [9.17, 15) is 4.79 Å². The largest absolute Gasteiger partial charge is 0.497 e. The molecule has 2 aromatic rings. The topological polar surface area (TPSA) is 48.0 Å². The molecule has 1 atom stereocenters. The van der Waals surface area contributed by atoms with Gasteiger partial charge < -0.3 is 19.1 Å². The van der Waals surface area contributed by atoms with Crippen molar-refractivity contribution in [2.45, 2.75) is 30.5 Å². The standard InChI is InChI=1S/C21H25NO4S/c1-4-22(14-16-6-5-7-19-20(16)26-13-12-25-19)21(23)15(2)27-18-10-8-17(24-3)9-11-18/h5-11,15H,4,12-14H2,1-3H3. The first-order valence-corrected chi connectivity index (χ1v) is 9.97. The Morgan fingerprint density at radius 3 is 2.63 bits per heavy atom. The number of thioether (sulfide) groups is 1. The molecule has 0 aliphatic carbocycles. The number of nitrogens with zero attached hydrogens (tertiary/aromatic N) is 1. The SMILES string of the molecule is CCN(Cc1cccc2c1OCCO2)C(=O)C(C)Sc1ccc(OC)cc1. The highest BCUT2D eigenvalue weighted by molar-refractivity contribution is 8.00. The molecule has 0 aromatic heterocycles. The van der Waals surface area contributed by atoms with E-state index in [4.69, 9.17) is 14.2 Å². The van der Waals surface area contributed by atoms with Crippen LogP contribution in [0.15, 0.2) is 47.4 Å². The van der Waals surface area contributed by atoms with Crippen LogP contribution in [0.2, 0.25) is 0 Å². The quantitative estimate of drug-likeness (QED) is 0.672. The Bertz CT molecular complexity index is 778. The van der Waals surface area contributed by atoms with E-state index in [2.05, 4.69) is 0 Å². The van der Waals surface area contributed by atoms with E-state index in [1.165, 1.54) is 0 Å². The van der Waals surface area contributed by atoms with Crippen molar-refractivity contribution in [2.75, 3.05) is 26.9 Å². The normalized spacial score (nSPS) is 13.7. The van der Waals surface area contributed by atoms with Crippen LogP contribution in [0.3, 0.4) is 0 Å². The summed E-state index contributed by atoms with van der Waals surface area (Å²) in [5.41, 5.74) is 0.976. The lowest BCUT2D eigenvalue weighted by Crippen LogP contribution is -2.36. The molecule has 0 saturated heterocycles. The zero-order valence-electron chi connectivity index (χ0n) is 15.9. The van der Waals surface area contributed by atoms with Gasteiger partial charge in [-0.3, -0.25) is 4.79 Å². The van der Waals surface area contributed by atoms with E-state index in [-0.39, 0.29) is 11.2 Å². The molecule has 0 N–H and O–H groups in total. The predicted octanol–water partition coefficient (Wildman–Crippen LogP) is 4.00. The molecular weight excluding hydrogens is 362 g/mol. The first-order valence-electron chi connectivity index (χ1n) is 9.09. The molecule has 1 unspecified atom stereocenters. The number of hydrogen-bond donors (Lipinski definition) is 0. The molecule has 1 aliphatic rings. The Labute approximate surface area is 164 Å². The smallest absolute Gasteiger partial charge is 0.236 e. The number of ether oxygens (including phenoxy) is 3. The van der Waals surface area contributed by atoms with E-state index in [1.807, 2.05) is 61.2 Å². The molecule has 0 saturated carbocycles. The maximum atomic E-state index is 13.0. The minimum atomic E-state index is -0.185. The van der Waals surface area contributed by atoms with Crippen molar-refractivity contribution in [3.8, 4) is 17.2 Å². The van der Waals surface area contributed by atoms with Gasteiger partial charge in [0.05, 0.1) is 12.4 Å². The molecule has 144 valence electrons. The highest BCUT2D eigenvalue weighted by atomic mass is 32.2. The summed E-state index contributed by atoms with van der Waals surface area (Å²) in [4.78, 5) is 15.9. The lowest BCUT2D eigenvalue weighted by Gasteiger charge is -2.27. The van der Waals surface area contributed by atoms with Crippen molar-refractivity contribution < 1.29 is 19.0 Å². The first-order chi connectivity index (χ1) is 13.1. The zero-order chi connectivity index (χ0) is 19.2. The fourth-order valence-corrected chi connectivity index (χ4v) is 3.93. The molecule has 1 amide bonds. The third kappa shape index (κ3) is 4.69. The monoisotopic (exact) mass is 387 g/mol. The maximum absolute atomic E-state index is 13.0. The average molecular weight is 388 g/mol. The second-order valence-corrected chi connectivity index (χ2v) is 7.64. The third-order valence-corrected chi connectivity index (χ3v) is 5.52. The summed E-state index contributed by atoms with van der Waals surface area (Å²) in [7, 11) is 1.64. The summed E-state index contributed by atoms with van der Waals surface area (Å²) in [6.45, 7) is 6.18. The summed E-state index contributed by atoms with van der Waals surface area (Å²) >= 11 is 1.55. The van der Waals surface area contributed by atoms with Gasteiger partial charge in [-0.25, -0.2) is 0 Å². The lowest BCUT2D eigenvalue weighted by molar-refractivity contribution is -0.130. The van der Waals surface area contributed by atoms with Crippen LogP contribution in [0, 0.1) is 0 Å². The molecule has 1 heterocycles. The van der Waals surface area contributed by atoms with Gasteiger partial charge in [0, 0.05) is 23.5 Å². The third-order valence-electron chi connectivity index (χ3n) is 4.42. The van der Waals surface area contributed by atoms with Crippen LogP contribution >= 0.6 is 11.8 Å². The van der Waals surface area contributed by atoms with Crippen molar-refractivity contribution >= 4 is 17.7 Å². The summed E-state index contributed by atoms with van der Waals surface area (Å²) in [5.74, 6) is 2.42. The number of rotatable bonds is 7. The van der Waals surface area contributed by atoms with Crippen LogP contribution in [0.1, 0.15) is 19.4 Å². The minimum Gasteiger partial charge on any atom is -0.497 e. The van der Waals surface area contributed by atoms with Gasteiger partial charge in [-0.15, -0.1) is 11.8 Å². The van der Waals surface area contributed by atoms with Gasteiger partial charge >= 0.3 is 0 Å². The molecule has 5 nitrogen and oxygen atoms in total. The van der Waals surface area contributed by atoms with Gasteiger partial charge in [-0.05, 0) is 44.2 Å². The highest BCUT2D eigenvalue weighted by Gasteiger charge is 2.23. The number of carbonyl (C=O) groups excluding carboxylic acids is 1. The maximum Gasteiger partial charge on any atom is 0.236 e. The lowest BCUT2D eigenvalue weighted by atomic mass is 10.1. The van der Waals surface area contributed by atoms with Crippen molar-refractivity contribution in [1.29, 1.82) is 0 Å². The summed E-state index contributed by atoms with van der Waals surface area (Å²) < 4.78 is 16.6. The van der Waals surface area contributed by atoms with E-state index < -0.39 is 0 Å². The number of para-hydroxylation sites is 1. The fraction of sp³-hybridized carbons (Fsp3) is 0.381. The number of methoxy groups -OCH3 is 1. The second-order valence-electron chi connectivity index (χ2n) is 6.23. The van der Waals surface area contributed by atoms with E-state index in [0.29, 0.717) is 26.3 Å². The molecule has 27 heavy (non-hydrogen) atoms. The predicted molar refractivity (Wildman–Crippen MR) is 107 cm³/mol. The number of hydrogen-bond acceptors (Lipinski definition) is 5. The summed E-state index contributed by atoms with van der Waals surface area (Å²) in [6, 6.07) is 13.6. The average Bonchev–Trinajstić information content (AvgIpc) is 2.72. The molecule has 0 fully saturated rings. The Morgan fingerprint density at radius 2 is 1.93 bits per heavy atom. The molecule has 2 aromatic carbocycles. The highest BCUT2D eigenvalue weighted by Crippen LogP contribution is 2.35. The number of carbonyl (C=O) groups is 1. The van der Waals surface area contributed by atoms with Gasteiger partial charge in [0.2, 0.25) is 5.91 Å². The van der Waals surface area contributed by atoms with Crippen molar-refractivity contribution in [2.24, 2.45) is 0 Å². The van der Waals surface area contributed by atoms with Crippen molar-refractivity contribution in [3.63, 3.8) is 0 Å². The number of fused-ring (bicyclic) bond motifs is 1. The molecule has 3 rings (SSSR count). The number of amides is 1. The van der Waals surface area contributed by atoms with Gasteiger partial charge in [0.15, 0.2) is 11.5 Å². The Hall–Kier alpha value is -2.34. The van der Waals surface area contributed by atoms with E-state index in [1.54, 1.807) is 18.9 Å². The second kappa shape index (κ2) is 9.04. The van der Waals surface area contributed by atoms with Crippen molar-refractivity contribution in [1.82, 2.24) is 4.90 Å². The summed E-state index contributed by atoms with van der Waals surface area (Å²) in [5, 5.41) is -0.185. The minimum absolute atomic E-state index is 0.104. The van der Waals surface area contributed by atoms with Crippen LogP contribution in [0.25, 0.3) is 0 Å². The molecule has 1 aliphatic heterocycles. The fourth-order valence-electron chi connectivity index (χ4n) is 2.98. The van der Waals surface area contributed by atoms with Crippen LogP contribution in [-0.4, -0.2) is 42.9 Å². The van der Waals surface area contributed by atoms with Gasteiger partial charge in [-0.1, -0.05) is 12.1 Å². The van der Waals surface area contributed by atoms with E-state index in [0.717, 1.165) is 27.7 Å². The molecule has 0 bridgehead atoms. The summed E-state index contributed by atoms with van der Waals surface area (Å²) in [6.07, 6.45) is 0. The molecular formula is C21H25NO4S. The Balaban J connectivity index is 1.68. The Morgan fingerprint density at radius 1 is 1.19 bits per heavy atom. The van der Waals surface area contributed by atoms with E-state index >= 15 is 0 Å². The molecule has 0 radical (unpaired) electrons. The first kappa shape index (κ1) is 19.4. The zero-order valence-corrected chi connectivity index (χ0v) is 16.8. The van der Waals surface area contributed by atoms with Crippen LogP contribution < -0.4 is 14.2 Å². The van der Waals surface area contributed by atoms with Crippen LogP contribution in [0.4, 0.5) is 0 Å².